The van der Waals surface area contributed by atoms with Crippen LogP contribution >= 0.6 is 0 Å². The Balaban J connectivity index is 1.57. The molecule has 2 nitrogen and oxygen atoms in total. The van der Waals surface area contributed by atoms with Crippen LogP contribution in [0.15, 0.2) is 11.6 Å². The second-order valence-corrected chi connectivity index (χ2v) is 13.6. The molecular formula is C29H50O2. The van der Waals surface area contributed by atoms with Gasteiger partial charge in [-0.25, -0.2) is 0 Å². The largest absolute Gasteiger partial charge is 0.390 e. The first-order valence-electron chi connectivity index (χ1n) is 13.5. The molecule has 0 aromatic rings. The lowest BCUT2D eigenvalue weighted by atomic mass is 9.44. The van der Waals surface area contributed by atoms with E-state index in [1.165, 1.54) is 32.1 Å². The Labute approximate surface area is 192 Å². The van der Waals surface area contributed by atoms with E-state index in [1.807, 2.05) is 13.8 Å². The van der Waals surface area contributed by atoms with Gasteiger partial charge in [0, 0.05) is 0 Å². The van der Waals surface area contributed by atoms with Crippen molar-refractivity contribution >= 4 is 0 Å². The standard InChI is InChI=1S/C29H50O2/c1-8-29(31)16-15-27(6)21(18-29)17-20(3)25-23-10-9-22(19(2)11-13-26(4,5)30)28(23,7)14-12-24(25)27/h17,19-20,22-25,30-31H,8-16,18H2,1-7H3/t19-,20+,22-,23+,24+,25+,27+,28-,29+/m1/s1. The summed E-state index contributed by atoms with van der Waals surface area (Å²) in [5, 5.41) is 21.3. The SMILES string of the molecule is CC[C@]1(O)CC[C@@]2(C)C(=C[C@H](C)[C@H]3[C@@H]4CC[C@H]([C@H](C)CCC(C)(C)O)[C@@]4(C)CC[C@@H]32)C1. The zero-order valence-corrected chi connectivity index (χ0v) is 21.5. The van der Waals surface area contributed by atoms with Crippen molar-refractivity contribution in [3.63, 3.8) is 0 Å². The Morgan fingerprint density at radius 2 is 1.81 bits per heavy atom. The fraction of sp³-hybridized carbons (Fsp3) is 0.931. The van der Waals surface area contributed by atoms with Crippen molar-refractivity contribution in [2.75, 3.05) is 0 Å². The molecule has 4 rings (SSSR count). The van der Waals surface area contributed by atoms with Crippen LogP contribution in [-0.2, 0) is 0 Å². The quantitative estimate of drug-likeness (QED) is 0.455. The van der Waals surface area contributed by atoms with Gasteiger partial charge in [0.2, 0.25) is 0 Å². The van der Waals surface area contributed by atoms with Crippen molar-refractivity contribution in [2.24, 2.45) is 46.3 Å². The minimum Gasteiger partial charge on any atom is -0.390 e. The number of aliphatic hydroxyl groups is 2. The van der Waals surface area contributed by atoms with Crippen LogP contribution in [0.3, 0.4) is 0 Å². The topological polar surface area (TPSA) is 40.5 Å². The Hall–Kier alpha value is -0.340. The Morgan fingerprint density at radius 1 is 1.10 bits per heavy atom. The molecule has 2 heteroatoms. The van der Waals surface area contributed by atoms with Gasteiger partial charge in [-0.2, -0.15) is 0 Å². The second kappa shape index (κ2) is 7.86. The molecule has 0 unspecified atom stereocenters. The highest BCUT2D eigenvalue weighted by atomic mass is 16.3. The smallest absolute Gasteiger partial charge is 0.0682 e. The van der Waals surface area contributed by atoms with E-state index in [0.717, 1.165) is 55.8 Å². The molecule has 0 spiro atoms. The number of rotatable bonds is 5. The molecule has 2 N–H and O–H groups in total. The molecule has 3 fully saturated rings. The predicted molar refractivity (Wildman–Crippen MR) is 130 cm³/mol. The second-order valence-electron chi connectivity index (χ2n) is 13.6. The van der Waals surface area contributed by atoms with E-state index in [2.05, 4.69) is 40.7 Å². The van der Waals surface area contributed by atoms with Crippen LogP contribution in [0.1, 0.15) is 113 Å². The van der Waals surface area contributed by atoms with Gasteiger partial charge < -0.3 is 10.2 Å². The van der Waals surface area contributed by atoms with Crippen LogP contribution in [-0.4, -0.2) is 21.4 Å². The molecule has 0 saturated heterocycles. The summed E-state index contributed by atoms with van der Waals surface area (Å²) < 4.78 is 0. The van der Waals surface area contributed by atoms with Crippen molar-refractivity contribution in [2.45, 2.75) is 124 Å². The van der Waals surface area contributed by atoms with Crippen LogP contribution in [0.25, 0.3) is 0 Å². The molecule has 3 saturated carbocycles. The first-order chi connectivity index (χ1) is 14.3. The summed E-state index contributed by atoms with van der Waals surface area (Å²) in [6, 6.07) is 0. The normalized spacial score (nSPS) is 48.4. The molecule has 0 aliphatic heterocycles. The molecule has 0 radical (unpaired) electrons. The summed E-state index contributed by atoms with van der Waals surface area (Å²) in [5.74, 6) is 4.61. The van der Waals surface area contributed by atoms with E-state index in [4.69, 9.17) is 0 Å². The fourth-order valence-corrected chi connectivity index (χ4v) is 9.13. The van der Waals surface area contributed by atoms with Gasteiger partial charge in [0.05, 0.1) is 11.2 Å². The lowest BCUT2D eigenvalue weighted by Gasteiger charge is -2.61. The van der Waals surface area contributed by atoms with Crippen molar-refractivity contribution in [3.8, 4) is 0 Å². The summed E-state index contributed by atoms with van der Waals surface area (Å²) in [6.07, 6.45) is 14.2. The van der Waals surface area contributed by atoms with Crippen LogP contribution in [0.4, 0.5) is 0 Å². The van der Waals surface area contributed by atoms with E-state index in [9.17, 15) is 10.2 Å². The first kappa shape index (κ1) is 23.8. The molecule has 178 valence electrons. The number of hydrogen-bond acceptors (Lipinski definition) is 2. The van der Waals surface area contributed by atoms with Gasteiger partial charge in [-0.1, -0.05) is 46.3 Å². The highest BCUT2D eigenvalue weighted by Gasteiger charge is 2.61. The van der Waals surface area contributed by atoms with Gasteiger partial charge in [0.25, 0.3) is 0 Å². The van der Waals surface area contributed by atoms with Crippen LogP contribution < -0.4 is 0 Å². The van der Waals surface area contributed by atoms with E-state index >= 15 is 0 Å². The summed E-state index contributed by atoms with van der Waals surface area (Å²) in [6.45, 7) is 16.2. The first-order valence-corrected chi connectivity index (χ1v) is 13.5. The van der Waals surface area contributed by atoms with E-state index in [0.29, 0.717) is 22.7 Å². The van der Waals surface area contributed by atoms with Crippen LogP contribution in [0.2, 0.25) is 0 Å². The molecule has 0 heterocycles. The summed E-state index contributed by atoms with van der Waals surface area (Å²) in [5.41, 5.74) is 1.36. The summed E-state index contributed by atoms with van der Waals surface area (Å²) >= 11 is 0. The van der Waals surface area contributed by atoms with Crippen molar-refractivity contribution in [3.05, 3.63) is 11.6 Å². The highest BCUT2D eigenvalue weighted by Crippen LogP contribution is 2.68. The minimum absolute atomic E-state index is 0.310. The maximum absolute atomic E-state index is 11.1. The van der Waals surface area contributed by atoms with Gasteiger partial charge in [-0.05, 0) is 124 Å². The zero-order valence-electron chi connectivity index (χ0n) is 21.5. The molecule has 0 bridgehead atoms. The summed E-state index contributed by atoms with van der Waals surface area (Å²) in [7, 11) is 0. The van der Waals surface area contributed by atoms with Crippen LogP contribution in [0, 0.1) is 46.3 Å². The Kier molecular flexibility index (Phi) is 6.04. The van der Waals surface area contributed by atoms with Crippen molar-refractivity contribution < 1.29 is 10.2 Å². The van der Waals surface area contributed by atoms with Gasteiger partial charge in [0.15, 0.2) is 0 Å². The Morgan fingerprint density at radius 3 is 2.45 bits per heavy atom. The fourth-order valence-electron chi connectivity index (χ4n) is 9.13. The predicted octanol–water partition coefficient (Wildman–Crippen LogP) is 7.14. The maximum Gasteiger partial charge on any atom is 0.0682 e. The molecular weight excluding hydrogens is 380 g/mol. The average Bonchev–Trinajstić information content (AvgIpc) is 3.04. The van der Waals surface area contributed by atoms with Gasteiger partial charge in [-0.3, -0.25) is 0 Å². The van der Waals surface area contributed by atoms with Crippen LogP contribution in [0.5, 0.6) is 0 Å². The van der Waals surface area contributed by atoms with Gasteiger partial charge in [0.1, 0.15) is 0 Å². The number of fused-ring (bicyclic) bond motifs is 5. The monoisotopic (exact) mass is 430 g/mol. The zero-order chi connectivity index (χ0) is 22.8. The van der Waals surface area contributed by atoms with Gasteiger partial charge in [-0.15, -0.1) is 0 Å². The number of allylic oxidation sites excluding steroid dienone is 1. The van der Waals surface area contributed by atoms with Crippen molar-refractivity contribution in [1.82, 2.24) is 0 Å². The highest BCUT2D eigenvalue weighted by molar-refractivity contribution is 5.28. The Bertz CT molecular complexity index is 704. The minimum atomic E-state index is -0.542. The molecule has 0 aromatic carbocycles. The van der Waals surface area contributed by atoms with E-state index in [1.54, 1.807) is 5.57 Å². The average molecular weight is 431 g/mol. The third kappa shape index (κ3) is 3.96. The molecule has 9 atom stereocenters. The van der Waals surface area contributed by atoms with E-state index in [-0.39, 0.29) is 0 Å². The lowest BCUT2D eigenvalue weighted by molar-refractivity contribution is -0.0885. The lowest BCUT2D eigenvalue weighted by Crippen LogP contribution is -2.54. The molecule has 31 heavy (non-hydrogen) atoms. The van der Waals surface area contributed by atoms with Gasteiger partial charge >= 0.3 is 0 Å². The number of hydrogen-bond donors (Lipinski definition) is 2. The third-order valence-corrected chi connectivity index (χ3v) is 11.2. The molecule has 0 amide bonds. The summed E-state index contributed by atoms with van der Waals surface area (Å²) in [4.78, 5) is 0. The van der Waals surface area contributed by atoms with E-state index < -0.39 is 11.2 Å². The third-order valence-electron chi connectivity index (χ3n) is 11.2. The maximum atomic E-state index is 11.1. The molecule has 4 aliphatic carbocycles. The molecule has 4 aliphatic rings. The molecule has 0 aromatic heterocycles. The van der Waals surface area contributed by atoms with Crippen molar-refractivity contribution in [1.29, 1.82) is 0 Å².